The van der Waals surface area contributed by atoms with Crippen molar-refractivity contribution in [2.24, 2.45) is 0 Å². The number of hydrogen-bond acceptors (Lipinski definition) is 2. The average Bonchev–Trinajstić information content (AvgIpc) is 2.48. The lowest BCUT2D eigenvalue weighted by molar-refractivity contribution is -0.118. The SMILES string of the molecule is O=C1C=COC(c2ccc(-c3ccccc3)cc2)C1. The predicted octanol–water partition coefficient (Wildman–Crippen LogP) is 3.90. The molecule has 0 fully saturated rings. The molecule has 0 N–H and O–H groups in total. The molecule has 2 nitrogen and oxygen atoms in total. The quantitative estimate of drug-likeness (QED) is 0.808. The van der Waals surface area contributed by atoms with Gasteiger partial charge in [-0.25, -0.2) is 0 Å². The Labute approximate surface area is 112 Å². The van der Waals surface area contributed by atoms with E-state index in [4.69, 9.17) is 4.74 Å². The number of ketones is 1. The highest BCUT2D eigenvalue weighted by Crippen LogP contribution is 2.27. The van der Waals surface area contributed by atoms with Crippen LogP contribution < -0.4 is 0 Å². The lowest BCUT2D eigenvalue weighted by Gasteiger charge is -2.19. The van der Waals surface area contributed by atoms with Gasteiger partial charge < -0.3 is 4.74 Å². The normalized spacial score (nSPS) is 18.1. The third-order valence-corrected chi connectivity index (χ3v) is 3.27. The molecule has 0 aromatic heterocycles. The van der Waals surface area contributed by atoms with Crippen LogP contribution in [-0.2, 0) is 9.53 Å². The van der Waals surface area contributed by atoms with Crippen molar-refractivity contribution in [2.75, 3.05) is 0 Å². The first kappa shape index (κ1) is 11.7. The number of ether oxygens (including phenoxy) is 1. The molecule has 3 rings (SSSR count). The fraction of sp³-hybridized carbons (Fsp3) is 0.118. The maximum Gasteiger partial charge on any atom is 0.162 e. The summed E-state index contributed by atoms with van der Waals surface area (Å²) in [6.45, 7) is 0. The summed E-state index contributed by atoms with van der Waals surface area (Å²) in [6, 6.07) is 18.4. The van der Waals surface area contributed by atoms with E-state index >= 15 is 0 Å². The molecule has 1 aliphatic rings. The van der Waals surface area contributed by atoms with Crippen LogP contribution in [0.2, 0.25) is 0 Å². The van der Waals surface area contributed by atoms with Crippen LogP contribution in [0.5, 0.6) is 0 Å². The van der Waals surface area contributed by atoms with Crippen molar-refractivity contribution in [3.05, 3.63) is 72.5 Å². The second kappa shape index (κ2) is 5.11. The maximum atomic E-state index is 11.4. The summed E-state index contributed by atoms with van der Waals surface area (Å²) in [7, 11) is 0. The van der Waals surface area contributed by atoms with E-state index in [1.54, 1.807) is 0 Å². The fourth-order valence-corrected chi connectivity index (χ4v) is 2.23. The third-order valence-electron chi connectivity index (χ3n) is 3.27. The van der Waals surface area contributed by atoms with E-state index in [9.17, 15) is 4.79 Å². The van der Waals surface area contributed by atoms with Crippen LogP contribution in [-0.4, -0.2) is 5.78 Å². The Balaban J connectivity index is 1.83. The number of benzene rings is 2. The van der Waals surface area contributed by atoms with Crippen molar-refractivity contribution in [2.45, 2.75) is 12.5 Å². The van der Waals surface area contributed by atoms with Gasteiger partial charge in [0.15, 0.2) is 5.78 Å². The first-order valence-electron chi connectivity index (χ1n) is 6.33. The van der Waals surface area contributed by atoms with E-state index in [1.165, 1.54) is 23.5 Å². The van der Waals surface area contributed by atoms with Crippen molar-refractivity contribution < 1.29 is 9.53 Å². The Kier molecular flexibility index (Phi) is 3.15. The van der Waals surface area contributed by atoms with Crippen molar-refractivity contribution in [1.82, 2.24) is 0 Å². The molecule has 0 aliphatic carbocycles. The van der Waals surface area contributed by atoms with E-state index in [-0.39, 0.29) is 11.9 Å². The summed E-state index contributed by atoms with van der Waals surface area (Å²) in [5, 5.41) is 0. The zero-order valence-electron chi connectivity index (χ0n) is 10.5. The fourth-order valence-electron chi connectivity index (χ4n) is 2.23. The van der Waals surface area contributed by atoms with Gasteiger partial charge in [-0.3, -0.25) is 4.79 Å². The van der Waals surface area contributed by atoms with Gasteiger partial charge in [-0.2, -0.15) is 0 Å². The smallest absolute Gasteiger partial charge is 0.162 e. The minimum atomic E-state index is -0.151. The zero-order valence-corrected chi connectivity index (χ0v) is 10.5. The van der Waals surface area contributed by atoms with Gasteiger partial charge in [0, 0.05) is 6.08 Å². The van der Waals surface area contributed by atoms with Gasteiger partial charge in [0.05, 0.1) is 12.7 Å². The Morgan fingerprint density at radius 1 is 0.895 bits per heavy atom. The van der Waals surface area contributed by atoms with Gasteiger partial charge in [0.2, 0.25) is 0 Å². The molecule has 2 heteroatoms. The summed E-state index contributed by atoms with van der Waals surface area (Å²) in [4.78, 5) is 11.4. The van der Waals surface area contributed by atoms with Crippen LogP contribution in [0.25, 0.3) is 11.1 Å². The summed E-state index contributed by atoms with van der Waals surface area (Å²) < 4.78 is 5.48. The summed E-state index contributed by atoms with van der Waals surface area (Å²) in [6.07, 6.45) is 3.24. The number of carbonyl (C=O) groups excluding carboxylic acids is 1. The first-order chi connectivity index (χ1) is 9.33. The third kappa shape index (κ3) is 2.58. The van der Waals surface area contributed by atoms with Crippen LogP contribution >= 0.6 is 0 Å². The zero-order chi connectivity index (χ0) is 13.1. The largest absolute Gasteiger partial charge is 0.493 e. The number of rotatable bonds is 2. The molecule has 94 valence electrons. The van der Waals surface area contributed by atoms with Crippen molar-refractivity contribution >= 4 is 5.78 Å². The number of allylic oxidation sites excluding steroid dienone is 1. The Morgan fingerprint density at radius 3 is 2.26 bits per heavy atom. The molecule has 0 amide bonds. The molecule has 0 bridgehead atoms. The molecule has 1 atom stereocenters. The Bertz CT molecular complexity index is 597. The lowest BCUT2D eigenvalue weighted by atomic mass is 9.99. The Morgan fingerprint density at radius 2 is 1.58 bits per heavy atom. The van der Waals surface area contributed by atoms with E-state index in [0.29, 0.717) is 6.42 Å². The van der Waals surface area contributed by atoms with E-state index in [0.717, 1.165) is 5.56 Å². The maximum absolute atomic E-state index is 11.4. The van der Waals surface area contributed by atoms with E-state index in [2.05, 4.69) is 24.3 Å². The van der Waals surface area contributed by atoms with Gasteiger partial charge in [-0.1, -0.05) is 54.6 Å². The minimum Gasteiger partial charge on any atom is -0.493 e. The molecule has 1 unspecified atom stereocenters. The molecule has 1 aliphatic heterocycles. The van der Waals surface area contributed by atoms with Gasteiger partial charge in [-0.15, -0.1) is 0 Å². The van der Waals surface area contributed by atoms with E-state index < -0.39 is 0 Å². The topological polar surface area (TPSA) is 26.3 Å². The summed E-state index contributed by atoms with van der Waals surface area (Å²) in [5.41, 5.74) is 3.40. The van der Waals surface area contributed by atoms with Crippen molar-refractivity contribution in [3.8, 4) is 11.1 Å². The van der Waals surface area contributed by atoms with Crippen LogP contribution in [0.3, 0.4) is 0 Å². The molecule has 2 aromatic carbocycles. The molecule has 1 heterocycles. The molecule has 0 saturated heterocycles. The second-order valence-electron chi connectivity index (χ2n) is 4.59. The molecule has 0 saturated carbocycles. The highest BCUT2D eigenvalue weighted by atomic mass is 16.5. The Hall–Kier alpha value is -2.35. The summed E-state index contributed by atoms with van der Waals surface area (Å²) in [5.74, 6) is 0.114. The van der Waals surface area contributed by atoms with Gasteiger partial charge in [-0.05, 0) is 16.7 Å². The number of carbonyl (C=O) groups is 1. The summed E-state index contributed by atoms with van der Waals surface area (Å²) >= 11 is 0. The predicted molar refractivity (Wildman–Crippen MR) is 74.5 cm³/mol. The molecule has 2 aromatic rings. The van der Waals surface area contributed by atoms with Gasteiger partial charge >= 0.3 is 0 Å². The second-order valence-corrected chi connectivity index (χ2v) is 4.59. The molecular formula is C17H14O2. The monoisotopic (exact) mass is 250 g/mol. The standard InChI is InChI=1S/C17H14O2/c18-16-10-11-19-17(12-16)15-8-6-14(7-9-15)13-4-2-1-3-5-13/h1-11,17H,12H2. The van der Waals surface area contributed by atoms with Crippen LogP contribution in [0.15, 0.2) is 66.9 Å². The highest BCUT2D eigenvalue weighted by Gasteiger charge is 2.18. The van der Waals surface area contributed by atoms with E-state index in [1.807, 2.05) is 30.3 Å². The number of hydrogen-bond donors (Lipinski definition) is 0. The van der Waals surface area contributed by atoms with Gasteiger partial charge in [0.25, 0.3) is 0 Å². The molecule has 0 spiro atoms. The molecule has 19 heavy (non-hydrogen) atoms. The van der Waals surface area contributed by atoms with Crippen LogP contribution in [0.4, 0.5) is 0 Å². The van der Waals surface area contributed by atoms with Crippen molar-refractivity contribution in [3.63, 3.8) is 0 Å². The van der Waals surface area contributed by atoms with Crippen LogP contribution in [0.1, 0.15) is 18.1 Å². The van der Waals surface area contributed by atoms with Gasteiger partial charge in [0.1, 0.15) is 6.10 Å². The average molecular weight is 250 g/mol. The molecule has 0 radical (unpaired) electrons. The van der Waals surface area contributed by atoms with Crippen LogP contribution in [0, 0.1) is 0 Å². The lowest BCUT2D eigenvalue weighted by Crippen LogP contribution is -2.11. The van der Waals surface area contributed by atoms with Crippen molar-refractivity contribution in [1.29, 1.82) is 0 Å². The highest BCUT2D eigenvalue weighted by molar-refractivity contribution is 5.90. The molecular weight excluding hydrogens is 236 g/mol. The minimum absolute atomic E-state index is 0.114. The first-order valence-corrected chi connectivity index (χ1v) is 6.33.